The largest absolute Gasteiger partial charge is 0.480 e. The molecule has 0 aliphatic heterocycles. The molecule has 1 aromatic rings. The van der Waals surface area contributed by atoms with Gasteiger partial charge in [-0.2, -0.15) is 0 Å². The van der Waals surface area contributed by atoms with Crippen LogP contribution in [0.4, 0.5) is 5.13 Å². The predicted molar refractivity (Wildman–Crippen MR) is 75.6 cm³/mol. The van der Waals surface area contributed by atoms with Gasteiger partial charge in [0.1, 0.15) is 6.04 Å². The Balaban J connectivity index is 2.60. The molecule has 1 rings (SSSR count). The number of hydrogen-bond donors (Lipinski definition) is 4. The Labute approximate surface area is 125 Å². The molecule has 0 fully saturated rings. The van der Waals surface area contributed by atoms with E-state index in [-0.39, 0.29) is 24.6 Å². The fourth-order valence-corrected chi connectivity index (χ4v) is 2.95. The van der Waals surface area contributed by atoms with E-state index < -0.39 is 27.9 Å². The smallest absolute Gasteiger partial charge is 0.326 e. The summed E-state index contributed by atoms with van der Waals surface area (Å²) in [6.45, 7) is -0.365. The van der Waals surface area contributed by atoms with Gasteiger partial charge in [-0.05, 0) is 0 Å². The summed E-state index contributed by atoms with van der Waals surface area (Å²) in [4.78, 5) is 26.4. The van der Waals surface area contributed by atoms with Gasteiger partial charge in [-0.3, -0.25) is 9.52 Å². The van der Waals surface area contributed by atoms with Crippen molar-refractivity contribution in [3.8, 4) is 0 Å². The number of aromatic nitrogens is 1. The maximum absolute atomic E-state index is 11.7. The first-order chi connectivity index (χ1) is 9.71. The van der Waals surface area contributed by atoms with Gasteiger partial charge in [0.25, 0.3) is 0 Å². The van der Waals surface area contributed by atoms with Gasteiger partial charge < -0.3 is 15.5 Å². The highest BCUT2D eigenvalue weighted by Crippen LogP contribution is 2.16. The number of anilines is 1. The third-order valence-electron chi connectivity index (χ3n) is 2.22. The van der Waals surface area contributed by atoms with Crippen molar-refractivity contribution in [3.05, 3.63) is 11.1 Å². The third-order valence-corrected chi connectivity index (χ3v) is 3.72. The van der Waals surface area contributed by atoms with Crippen molar-refractivity contribution >= 4 is 38.4 Å². The van der Waals surface area contributed by atoms with Gasteiger partial charge in [-0.15, -0.1) is 11.3 Å². The second-order valence-electron chi connectivity index (χ2n) is 4.17. The van der Waals surface area contributed by atoms with E-state index in [0.29, 0.717) is 5.69 Å². The number of amides is 1. The first kappa shape index (κ1) is 17.3. The number of aliphatic hydroxyl groups excluding tert-OH is 1. The van der Waals surface area contributed by atoms with Crippen molar-refractivity contribution in [1.29, 1.82) is 0 Å². The summed E-state index contributed by atoms with van der Waals surface area (Å²) in [5.41, 5.74) is 0.316. The molecular formula is C10H15N3O6S2. The van der Waals surface area contributed by atoms with Crippen LogP contribution in [0.2, 0.25) is 0 Å². The molecule has 21 heavy (non-hydrogen) atoms. The molecule has 0 aliphatic carbocycles. The average Bonchev–Trinajstić information content (AvgIpc) is 2.73. The van der Waals surface area contributed by atoms with E-state index >= 15 is 0 Å². The summed E-state index contributed by atoms with van der Waals surface area (Å²) in [6, 6.07) is -1.17. The normalized spacial score (nSPS) is 12.7. The van der Waals surface area contributed by atoms with Gasteiger partial charge in [0.15, 0.2) is 5.13 Å². The fourth-order valence-electron chi connectivity index (χ4n) is 1.39. The van der Waals surface area contributed by atoms with Gasteiger partial charge in [-0.25, -0.2) is 18.2 Å². The first-order valence-corrected chi connectivity index (χ1v) is 8.53. The van der Waals surface area contributed by atoms with Crippen LogP contribution in [-0.2, 0) is 26.0 Å². The highest BCUT2D eigenvalue weighted by Gasteiger charge is 2.20. The zero-order valence-electron chi connectivity index (χ0n) is 11.1. The second-order valence-corrected chi connectivity index (χ2v) is 6.77. The first-order valence-electron chi connectivity index (χ1n) is 5.76. The lowest BCUT2D eigenvalue weighted by atomic mass is 10.2. The summed E-state index contributed by atoms with van der Waals surface area (Å²) in [5, 5.41) is 21.4. The number of carbonyl (C=O) groups excluding carboxylic acids is 1. The van der Waals surface area contributed by atoms with Crippen molar-refractivity contribution in [3.63, 3.8) is 0 Å². The summed E-state index contributed by atoms with van der Waals surface area (Å²) in [7, 11) is -3.44. The summed E-state index contributed by atoms with van der Waals surface area (Å²) in [5.74, 6) is -1.82. The Bertz CT molecular complexity index is 612. The van der Waals surface area contributed by atoms with E-state index in [1.54, 1.807) is 0 Å². The Morgan fingerprint density at radius 2 is 2.14 bits per heavy atom. The topological polar surface area (TPSA) is 146 Å². The number of aliphatic carboxylic acids is 1. The minimum Gasteiger partial charge on any atom is -0.480 e. The molecule has 0 radical (unpaired) electrons. The molecule has 1 atom stereocenters. The number of carbonyl (C=O) groups is 2. The van der Waals surface area contributed by atoms with Crippen LogP contribution in [0.1, 0.15) is 12.1 Å². The monoisotopic (exact) mass is 337 g/mol. The van der Waals surface area contributed by atoms with Gasteiger partial charge >= 0.3 is 5.97 Å². The minimum absolute atomic E-state index is 0.0982. The number of thiazole rings is 1. The summed E-state index contributed by atoms with van der Waals surface area (Å²) >= 11 is 1.02. The number of carboxylic acid groups (broad SMARTS) is 1. The molecule has 1 heterocycles. The van der Waals surface area contributed by atoms with E-state index in [1.807, 2.05) is 0 Å². The molecule has 0 unspecified atom stereocenters. The zero-order valence-corrected chi connectivity index (χ0v) is 12.7. The molecule has 1 amide bonds. The summed E-state index contributed by atoms with van der Waals surface area (Å²) in [6.07, 6.45) is 0.698. The SMILES string of the molecule is CS(=O)(=O)Nc1nc(CC(=O)N[C@H](CCO)C(=O)O)cs1. The number of rotatable bonds is 8. The molecular weight excluding hydrogens is 322 g/mol. The standard InChI is InChI=1S/C10H15N3O6S2/c1-21(18,19)13-10-11-6(5-20-10)4-8(15)12-7(2-3-14)9(16)17/h5,7,14H,2-4H2,1H3,(H,11,13)(H,12,15)(H,16,17)/t7-/m1/s1. The number of carboxylic acids is 1. The van der Waals surface area contributed by atoms with Crippen LogP contribution in [0, 0.1) is 0 Å². The average molecular weight is 337 g/mol. The van der Waals surface area contributed by atoms with Crippen LogP contribution in [0.25, 0.3) is 0 Å². The van der Waals surface area contributed by atoms with Gasteiger partial charge in [0, 0.05) is 18.4 Å². The van der Waals surface area contributed by atoms with Crippen LogP contribution < -0.4 is 10.0 Å². The summed E-state index contributed by atoms with van der Waals surface area (Å²) < 4.78 is 24.2. The van der Waals surface area contributed by atoms with Gasteiger partial charge in [-0.1, -0.05) is 0 Å². The third kappa shape index (κ3) is 6.51. The van der Waals surface area contributed by atoms with E-state index in [1.165, 1.54) is 5.38 Å². The maximum atomic E-state index is 11.7. The molecule has 0 saturated carbocycles. The maximum Gasteiger partial charge on any atom is 0.326 e. The lowest BCUT2D eigenvalue weighted by Gasteiger charge is -2.12. The molecule has 1 aromatic heterocycles. The molecule has 118 valence electrons. The predicted octanol–water partition coefficient (Wildman–Crippen LogP) is -0.991. The molecule has 9 nitrogen and oxygen atoms in total. The van der Waals surface area contributed by atoms with Crippen molar-refractivity contribution in [2.75, 3.05) is 17.6 Å². The molecule has 0 bridgehead atoms. The highest BCUT2D eigenvalue weighted by atomic mass is 32.2. The minimum atomic E-state index is -3.44. The Morgan fingerprint density at radius 1 is 1.48 bits per heavy atom. The quantitative estimate of drug-likeness (QED) is 0.476. The van der Waals surface area contributed by atoms with Crippen LogP contribution in [0.15, 0.2) is 5.38 Å². The molecule has 0 aromatic carbocycles. The lowest BCUT2D eigenvalue weighted by molar-refractivity contribution is -0.142. The number of sulfonamides is 1. The molecule has 0 spiro atoms. The van der Waals surface area contributed by atoms with Crippen molar-refractivity contribution in [2.24, 2.45) is 0 Å². The molecule has 11 heteroatoms. The highest BCUT2D eigenvalue weighted by molar-refractivity contribution is 7.92. The molecule has 0 saturated heterocycles. The van der Waals surface area contributed by atoms with Crippen molar-refractivity contribution in [1.82, 2.24) is 10.3 Å². The van der Waals surface area contributed by atoms with Gasteiger partial charge in [0.05, 0.1) is 18.4 Å². The Morgan fingerprint density at radius 3 is 2.67 bits per heavy atom. The molecule has 0 aliphatic rings. The Hall–Kier alpha value is -1.72. The van der Waals surface area contributed by atoms with Crippen LogP contribution in [0.5, 0.6) is 0 Å². The van der Waals surface area contributed by atoms with E-state index in [0.717, 1.165) is 17.6 Å². The van der Waals surface area contributed by atoms with Crippen molar-refractivity contribution < 1.29 is 28.2 Å². The number of nitrogens with one attached hydrogen (secondary N) is 2. The fraction of sp³-hybridized carbons (Fsp3) is 0.500. The lowest BCUT2D eigenvalue weighted by Crippen LogP contribution is -2.42. The van der Waals surface area contributed by atoms with Crippen LogP contribution in [0.3, 0.4) is 0 Å². The van der Waals surface area contributed by atoms with Crippen LogP contribution >= 0.6 is 11.3 Å². The zero-order chi connectivity index (χ0) is 16.0. The second kappa shape index (κ2) is 7.33. The van der Waals surface area contributed by atoms with E-state index in [9.17, 15) is 18.0 Å². The van der Waals surface area contributed by atoms with Gasteiger partial charge in [0.2, 0.25) is 15.9 Å². The van der Waals surface area contributed by atoms with E-state index in [4.69, 9.17) is 10.2 Å². The number of hydrogen-bond acceptors (Lipinski definition) is 7. The van der Waals surface area contributed by atoms with Crippen molar-refractivity contribution in [2.45, 2.75) is 18.9 Å². The number of aliphatic hydroxyl groups is 1. The molecule has 4 N–H and O–H groups in total. The Kier molecular flexibility index (Phi) is 6.05. The van der Waals surface area contributed by atoms with Crippen LogP contribution in [-0.4, -0.2) is 54.4 Å². The number of nitrogens with zero attached hydrogens (tertiary/aromatic N) is 1. The van der Waals surface area contributed by atoms with E-state index in [2.05, 4.69) is 15.0 Å².